The minimum Gasteiger partial charge on any atom is -0.491 e. The minimum atomic E-state index is -4.44. The van der Waals surface area contributed by atoms with Crippen molar-refractivity contribution in [1.29, 1.82) is 0 Å². The van der Waals surface area contributed by atoms with E-state index in [1.54, 1.807) is 33.8 Å². The van der Waals surface area contributed by atoms with Crippen LogP contribution in [0.5, 0.6) is 5.75 Å². The van der Waals surface area contributed by atoms with E-state index in [9.17, 15) is 18.0 Å². The van der Waals surface area contributed by atoms with Crippen LogP contribution in [0.4, 0.5) is 4.39 Å². The Hall–Kier alpha value is -3.22. The Labute approximate surface area is 223 Å². The van der Waals surface area contributed by atoms with Crippen LogP contribution in [0.15, 0.2) is 38.4 Å². The summed E-state index contributed by atoms with van der Waals surface area (Å²) in [5, 5.41) is 6.09. The topological polar surface area (TPSA) is 141 Å². The predicted octanol–water partition coefficient (Wildman–Crippen LogP) is 4.16. The number of H-pyrrole nitrogens is 1. The number of aryl methyl sites for hydroxylation is 1. The lowest BCUT2D eigenvalue weighted by Crippen LogP contribution is -2.37. The molecule has 2 N–H and O–H groups in total. The molecule has 0 radical (unpaired) electrons. The van der Waals surface area contributed by atoms with Crippen molar-refractivity contribution in [1.82, 2.24) is 14.9 Å². The van der Waals surface area contributed by atoms with Crippen LogP contribution in [0, 0.1) is 19.7 Å². The van der Waals surface area contributed by atoms with E-state index in [0.29, 0.717) is 5.56 Å². The van der Waals surface area contributed by atoms with Crippen LogP contribution < -0.4 is 15.2 Å². The molecule has 3 atom stereocenters. The maximum absolute atomic E-state index is 15.0. The van der Waals surface area contributed by atoms with E-state index in [2.05, 4.69) is 14.9 Å². The van der Waals surface area contributed by atoms with Gasteiger partial charge >= 0.3 is 11.7 Å². The third kappa shape index (κ3) is 5.07. The zero-order chi connectivity index (χ0) is 28.0. The highest BCUT2D eigenvalue weighted by atomic mass is 35.5. The average Bonchev–Trinajstić information content (AvgIpc) is 3.25. The highest BCUT2D eigenvalue weighted by Gasteiger charge is 2.42. The lowest BCUT2D eigenvalue weighted by atomic mass is 9.88. The first-order chi connectivity index (χ1) is 17.7. The van der Waals surface area contributed by atoms with Gasteiger partial charge in [-0.05, 0) is 55.7 Å². The fraction of sp³-hybridized carbons (Fsp3) is 0.400. The van der Waals surface area contributed by atoms with E-state index < -0.39 is 45.1 Å². The minimum absolute atomic E-state index is 0.0570. The lowest BCUT2D eigenvalue weighted by Gasteiger charge is -2.36. The van der Waals surface area contributed by atoms with E-state index in [-0.39, 0.29) is 45.7 Å². The molecule has 1 aliphatic rings. The number of halogens is 2. The molecule has 0 saturated heterocycles. The molecule has 10 nitrogen and oxygen atoms in total. The molecule has 3 aromatic rings. The third-order valence-corrected chi connectivity index (χ3v) is 8.55. The summed E-state index contributed by atoms with van der Waals surface area (Å²) in [5.41, 5.74) is 0.623. The third-order valence-electron chi connectivity index (χ3n) is 6.77. The van der Waals surface area contributed by atoms with Gasteiger partial charge in [-0.25, -0.2) is 22.7 Å². The van der Waals surface area contributed by atoms with Gasteiger partial charge in [0.05, 0.1) is 17.2 Å². The van der Waals surface area contributed by atoms with E-state index in [4.69, 9.17) is 25.5 Å². The van der Waals surface area contributed by atoms with Gasteiger partial charge in [-0.1, -0.05) is 24.6 Å². The van der Waals surface area contributed by atoms with Crippen molar-refractivity contribution in [3.8, 4) is 5.75 Å². The second kappa shape index (κ2) is 10.2. The first kappa shape index (κ1) is 27.8. The summed E-state index contributed by atoms with van der Waals surface area (Å²) in [5.74, 6) is -3.23. The van der Waals surface area contributed by atoms with Gasteiger partial charge in [-0.2, -0.15) is 4.72 Å². The number of rotatable bonds is 7. The van der Waals surface area contributed by atoms with Crippen molar-refractivity contribution < 1.29 is 31.5 Å². The molecule has 1 aromatic heterocycles. The quantitative estimate of drug-likeness (QED) is 0.406. The zero-order valence-electron chi connectivity index (χ0n) is 21.3. The highest BCUT2D eigenvalue weighted by molar-refractivity contribution is 7.89. The van der Waals surface area contributed by atoms with Crippen molar-refractivity contribution >= 4 is 27.6 Å². The zero-order valence-corrected chi connectivity index (χ0v) is 22.9. The Morgan fingerprint density at radius 3 is 2.63 bits per heavy atom. The molecule has 0 aliphatic carbocycles. The molecular weight excluding hydrogens is 541 g/mol. The van der Waals surface area contributed by atoms with Gasteiger partial charge in [-0.15, -0.1) is 5.10 Å². The summed E-state index contributed by atoms with van der Waals surface area (Å²) in [6, 6.07) is 4.24. The first-order valence-corrected chi connectivity index (χ1v) is 13.6. The second-order valence-corrected chi connectivity index (χ2v) is 11.5. The van der Waals surface area contributed by atoms with Gasteiger partial charge in [0.15, 0.2) is 0 Å². The summed E-state index contributed by atoms with van der Waals surface area (Å²) in [6.07, 6.45) is 0.250. The molecule has 2 aromatic carbocycles. The van der Waals surface area contributed by atoms with Gasteiger partial charge in [0.25, 0.3) is 0 Å². The number of aromatic nitrogens is 2. The van der Waals surface area contributed by atoms with Crippen molar-refractivity contribution in [3.05, 3.63) is 73.8 Å². The Morgan fingerprint density at radius 2 is 2.00 bits per heavy atom. The summed E-state index contributed by atoms with van der Waals surface area (Å²) >= 11 is 6.42. The number of nitrogens with zero attached hydrogens (tertiary/aromatic N) is 1. The molecular formula is C25H27ClFN3O7S. The Kier molecular flexibility index (Phi) is 7.43. The Bertz CT molecular complexity index is 1570. The molecule has 204 valence electrons. The van der Waals surface area contributed by atoms with Crippen molar-refractivity contribution in [2.24, 2.45) is 0 Å². The highest BCUT2D eigenvalue weighted by Crippen LogP contribution is 2.47. The van der Waals surface area contributed by atoms with Crippen LogP contribution >= 0.6 is 11.6 Å². The van der Waals surface area contributed by atoms with Gasteiger partial charge in [0.2, 0.25) is 15.9 Å². The molecule has 38 heavy (non-hydrogen) atoms. The number of benzene rings is 2. The van der Waals surface area contributed by atoms with Gasteiger partial charge in [0, 0.05) is 19.3 Å². The summed E-state index contributed by atoms with van der Waals surface area (Å²) < 4.78 is 61.5. The summed E-state index contributed by atoms with van der Waals surface area (Å²) in [7, 11) is -4.44. The van der Waals surface area contributed by atoms with Crippen molar-refractivity contribution in [2.45, 2.75) is 63.5 Å². The number of fused-ring (bicyclic) bond motifs is 1. The number of carbonyl (C=O) groups excluding carboxylic acids is 1. The van der Waals surface area contributed by atoms with Crippen LogP contribution in [0.25, 0.3) is 0 Å². The molecule has 0 fully saturated rings. The molecule has 2 heterocycles. The number of carbonyl (C=O) groups is 1. The molecule has 0 spiro atoms. The van der Waals surface area contributed by atoms with E-state index >= 15 is 4.39 Å². The number of nitrogens with one attached hydrogen (secondary N) is 2. The van der Waals surface area contributed by atoms with E-state index in [1.807, 2.05) is 0 Å². The number of esters is 1. The van der Waals surface area contributed by atoms with Crippen LogP contribution in [-0.4, -0.2) is 31.2 Å². The second-order valence-electron chi connectivity index (χ2n) is 9.41. The number of aromatic amines is 1. The smallest absolute Gasteiger partial charge is 0.434 e. The van der Waals surface area contributed by atoms with Crippen LogP contribution in [0.2, 0.25) is 5.02 Å². The monoisotopic (exact) mass is 567 g/mol. The number of hydrogen-bond acceptors (Lipinski definition) is 8. The maximum atomic E-state index is 15.0. The molecule has 1 aliphatic heterocycles. The standard InChI is InChI=1S/C25H27ClFN3O7S/c1-12-6-8-17(27)19(13(12)2)14(3)21(23-28-29-24(32)36-23)30-38(33,34)18-9-7-16(26)20-22(18)35-11-10-25(20,5)37-15(4)31/h6-9,14,21,30H,10-11H2,1-5H3,(H,29,32)/t14-,21+,25?/m1/s1. The number of sulfonamides is 1. The molecule has 0 bridgehead atoms. The fourth-order valence-corrected chi connectivity index (χ4v) is 6.55. The predicted molar refractivity (Wildman–Crippen MR) is 135 cm³/mol. The van der Waals surface area contributed by atoms with E-state index in [0.717, 1.165) is 5.56 Å². The molecule has 0 amide bonds. The summed E-state index contributed by atoms with van der Waals surface area (Å²) in [4.78, 5) is 23.3. The van der Waals surface area contributed by atoms with Crippen LogP contribution in [0.3, 0.4) is 0 Å². The number of hydrogen-bond donors (Lipinski definition) is 2. The first-order valence-electron chi connectivity index (χ1n) is 11.7. The molecule has 4 rings (SSSR count). The molecule has 1 unspecified atom stereocenters. The van der Waals surface area contributed by atoms with Gasteiger partial charge in [0.1, 0.15) is 28.1 Å². The van der Waals surface area contributed by atoms with E-state index in [1.165, 1.54) is 25.1 Å². The molecule has 13 heteroatoms. The Balaban J connectivity index is 1.84. The van der Waals surface area contributed by atoms with Gasteiger partial charge in [-0.3, -0.25) is 4.79 Å². The van der Waals surface area contributed by atoms with Crippen molar-refractivity contribution in [2.75, 3.05) is 6.61 Å². The molecule has 0 saturated carbocycles. The average molecular weight is 568 g/mol. The normalized spacial score (nSPS) is 18.8. The van der Waals surface area contributed by atoms with Crippen LogP contribution in [-0.2, 0) is 25.2 Å². The number of ether oxygens (including phenoxy) is 2. The lowest BCUT2D eigenvalue weighted by molar-refractivity contribution is -0.159. The largest absolute Gasteiger partial charge is 0.491 e. The summed E-state index contributed by atoms with van der Waals surface area (Å²) in [6.45, 7) is 8.04. The van der Waals surface area contributed by atoms with Crippen molar-refractivity contribution in [3.63, 3.8) is 0 Å². The van der Waals surface area contributed by atoms with Crippen LogP contribution in [0.1, 0.15) is 67.3 Å². The Morgan fingerprint density at radius 1 is 1.29 bits per heavy atom. The maximum Gasteiger partial charge on any atom is 0.434 e. The SMILES string of the molecule is CC(=O)OC1(C)CCOc2c(S(=O)(=O)N[C@H](c3n[nH]c(=O)o3)[C@H](C)c3c(F)ccc(C)c3C)ccc(Cl)c21. The van der Waals surface area contributed by atoms with Gasteiger partial charge < -0.3 is 13.9 Å². The fourth-order valence-electron chi connectivity index (χ4n) is 4.78.